The quantitative estimate of drug-likeness (QED) is 0.879. The van der Waals surface area contributed by atoms with Crippen molar-refractivity contribution in [3.8, 4) is 0 Å². The average Bonchev–Trinajstić information content (AvgIpc) is 2.75. The van der Waals surface area contributed by atoms with Crippen LogP contribution >= 0.6 is 0 Å². The molecule has 0 spiro atoms. The molecule has 0 radical (unpaired) electrons. The van der Waals surface area contributed by atoms with Gasteiger partial charge in [-0.15, -0.1) is 0 Å². The molecule has 0 bridgehead atoms. The second kappa shape index (κ2) is 5.95. The summed E-state index contributed by atoms with van der Waals surface area (Å²) < 4.78 is 5.10. The highest BCUT2D eigenvalue weighted by atomic mass is 16.5. The second-order valence-corrected chi connectivity index (χ2v) is 5.28. The fourth-order valence-electron chi connectivity index (χ4n) is 1.99. The highest BCUT2D eigenvalue weighted by Crippen LogP contribution is 2.19. The number of carboxylic acid groups (broad SMARTS) is 1. The Balaban J connectivity index is 2.25. The van der Waals surface area contributed by atoms with Crippen molar-refractivity contribution in [2.75, 3.05) is 5.32 Å². The van der Waals surface area contributed by atoms with Crippen molar-refractivity contribution in [1.82, 2.24) is 10.1 Å². The first-order valence-electron chi connectivity index (χ1n) is 6.79. The number of carbonyl (C=O) groups is 1. The highest BCUT2D eigenvalue weighted by molar-refractivity contribution is 5.88. The molecule has 0 saturated carbocycles. The number of nitrogens with one attached hydrogen (secondary N) is 1. The van der Waals surface area contributed by atoms with Crippen LogP contribution in [0.15, 0.2) is 16.7 Å². The van der Waals surface area contributed by atoms with Gasteiger partial charge in [-0.05, 0) is 31.9 Å². The summed E-state index contributed by atoms with van der Waals surface area (Å²) in [6, 6.07) is 3.14. The summed E-state index contributed by atoms with van der Waals surface area (Å²) in [5.74, 6) is 0.487. The van der Waals surface area contributed by atoms with E-state index < -0.39 is 5.97 Å². The number of aryl methyl sites for hydroxylation is 2. The summed E-state index contributed by atoms with van der Waals surface area (Å²) in [7, 11) is 0. The van der Waals surface area contributed by atoms with Crippen LogP contribution in [0.3, 0.4) is 0 Å². The van der Waals surface area contributed by atoms with Gasteiger partial charge in [-0.2, -0.15) is 0 Å². The van der Waals surface area contributed by atoms with Crippen molar-refractivity contribution >= 4 is 11.8 Å². The molecule has 2 heterocycles. The van der Waals surface area contributed by atoms with Crippen LogP contribution < -0.4 is 5.32 Å². The van der Waals surface area contributed by atoms with Gasteiger partial charge in [0.15, 0.2) is 0 Å². The largest absolute Gasteiger partial charge is 0.478 e. The first-order chi connectivity index (χ1) is 9.88. The lowest BCUT2D eigenvalue weighted by Crippen LogP contribution is -2.08. The number of aromatic carboxylic acids is 1. The summed E-state index contributed by atoms with van der Waals surface area (Å²) in [4.78, 5) is 15.6. The molecule has 0 aliphatic rings. The van der Waals surface area contributed by atoms with Gasteiger partial charge in [0, 0.05) is 17.8 Å². The van der Waals surface area contributed by atoms with Crippen LogP contribution in [0.1, 0.15) is 52.8 Å². The number of aromatic nitrogens is 2. The highest BCUT2D eigenvalue weighted by Gasteiger charge is 2.12. The lowest BCUT2D eigenvalue weighted by atomic mass is 10.1. The zero-order chi connectivity index (χ0) is 15.6. The molecule has 0 aliphatic carbocycles. The normalized spacial score (nSPS) is 10.9. The number of nitrogens with zero attached hydrogens (tertiary/aromatic N) is 2. The molecule has 0 aliphatic heterocycles. The van der Waals surface area contributed by atoms with E-state index in [1.807, 2.05) is 27.7 Å². The Labute approximate surface area is 123 Å². The summed E-state index contributed by atoms with van der Waals surface area (Å²) in [5.41, 5.74) is 2.76. The Morgan fingerprint density at radius 1 is 1.38 bits per heavy atom. The van der Waals surface area contributed by atoms with Crippen molar-refractivity contribution in [3.63, 3.8) is 0 Å². The molecular formula is C15H19N3O3. The zero-order valence-corrected chi connectivity index (χ0v) is 12.6. The molecule has 21 heavy (non-hydrogen) atoms. The number of pyridine rings is 1. The van der Waals surface area contributed by atoms with Gasteiger partial charge < -0.3 is 14.9 Å². The van der Waals surface area contributed by atoms with Gasteiger partial charge in [-0.25, -0.2) is 9.78 Å². The summed E-state index contributed by atoms with van der Waals surface area (Å²) in [6.45, 7) is 8.17. The number of hydrogen-bond acceptors (Lipinski definition) is 5. The predicted octanol–water partition coefficient (Wildman–Crippen LogP) is 3.12. The maximum absolute atomic E-state index is 11.2. The smallest absolute Gasteiger partial charge is 0.335 e. The third kappa shape index (κ3) is 3.39. The Bertz CT molecular complexity index is 643. The molecule has 2 aromatic rings. The van der Waals surface area contributed by atoms with Gasteiger partial charge in [0.1, 0.15) is 11.6 Å². The molecule has 6 nitrogen and oxygen atoms in total. The van der Waals surface area contributed by atoms with E-state index in [2.05, 4.69) is 15.5 Å². The molecule has 2 N–H and O–H groups in total. The van der Waals surface area contributed by atoms with Gasteiger partial charge in [-0.1, -0.05) is 19.0 Å². The SMILES string of the molecule is Cc1noc(C)c1CNc1cc(C(=O)O)cc(C(C)C)n1. The molecule has 0 aromatic carbocycles. The standard InChI is InChI=1S/C15H19N3O3/c1-8(2)13-5-11(15(19)20)6-14(17-13)16-7-12-9(3)18-21-10(12)4/h5-6,8H,7H2,1-4H3,(H,16,17)(H,19,20). The Morgan fingerprint density at radius 3 is 2.62 bits per heavy atom. The number of anilines is 1. The third-order valence-electron chi connectivity index (χ3n) is 3.31. The lowest BCUT2D eigenvalue weighted by Gasteiger charge is -2.11. The number of rotatable bonds is 5. The van der Waals surface area contributed by atoms with E-state index in [0.717, 1.165) is 22.7 Å². The Kier molecular flexibility index (Phi) is 4.26. The van der Waals surface area contributed by atoms with Crippen LogP contribution in [-0.4, -0.2) is 21.2 Å². The molecule has 2 aromatic heterocycles. The van der Waals surface area contributed by atoms with Gasteiger partial charge in [-0.3, -0.25) is 0 Å². The average molecular weight is 289 g/mol. The maximum atomic E-state index is 11.2. The van der Waals surface area contributed by atoms with E-state index in [9.17, 15) is 9.90 Å². The third-order valence-corrected chi connectivity index (χ3v) is 3.31. The van der Waals surface area contributed by atoms with Gasteiger partial charge >= 0.3 is 5.97 Å². The molecular weight excluding hydrogens is 270 g/mol. The fourth-order valence-corrected chi connectivity index (χ4v) is 1.99. The zero-order valence-electron chi connectivity index (χ0n) is 12.6. The van der Waals surface area contributed by atoms with E-state index in [4.69, 9.17) is 4.52 Å². The van der Waals surface area contributed by atoms with Crippen molar-refractivity contribution < 1.29 is 14.4 Å². The molecule has 0 unspecified atom stereocenters. The summed E-state index contributed by atoms with van der Waals surface area (Å²) in [5, 5.41) is 16.2. The van der Waals surface area contributed by atoms with E-state index in [0.29, 0.717) is 12.4 Å². The van der Waals surface area contributed by atoms with Gasteiger partial charge in [0.2, 0.25) is 0 Å². The van der Waals surface area contributed by atoms with E-state index in [-0.39, 0.29) is 11.5 Å². The van der Waals surface area contributed by atoms with Gasteiger partial charge in [0.05, 0.1) is 11.3 Å². The van der Waals surface area contributed by atoms with Crippen LogP contribution in [-0.2, 0) is 6.54 Å². The van der Waals surface area contributed by atoms with Crippen LogP contribution in [0.25, 0.3) is 0 Å². The van der Waals surface area contributed by atoms with Gasteiger partial charge in [0.25, 0.3) is 0 Å². The second-order valence-electron chi connectivity index (χ2n) is 5.28. The first-order valence-corrected chi connectivity index (χ1v) is 6.79. The predicted molar refractivity (Wildman–Crippen MR) is 78.6 cm³/mol. The summed E-state index contributed by atoms with van der Waals surface area (Å²) in [6.07, 6.45) is 0. The van der Waals surface area contributed by atoms with Crippen LogP contribution in [0, 0.1) is 13.8 Å². The monoisotopic (exact) mass is 289 g/mol. The van der Waals surface area contributed by atoms with Crippen LogP contribution in [0.5, 0.6) is 0 Å². The minimum absolute atomic E-state index is 0.156. The Morgan fingerprint density at radius 2 is 2.10 bits per heavy atom. The molecule has 0 fully saturated rings. The molecule has 2 rings (SSSR count). The molecule has 6 heteroatoms. The molecule has 0 saturated heterocycles. The minimum Gasteiger partial charge on any atom is -0.478 e. The van der Waals surface area contributed by atoms with Crippen molar-refractivity contribution in [3.05, 3.63) is 40.4 Å². The lowest BCUT2D eigenvalue weighted by molar-refractivity contribution is 0.0696. The van der Waals surface area contributed by atoms with Crippen molar-refractivity contribution in [2.45, 2.75) is 40.2 Å². The fraction of sp³-hybridized carbons (Fsp3) is 0.400. The molecule has 0 amide bonds. The van der Waals surface area contributed by atoms with Crippen LogP contribution in [0.2, 0.25) is 0 Å². The van der Waals surface area contributed by atoms with E-state index in [1.54, 1.807) is 6.07 Å². The summed E-state index contributed by atoms with van der Waals surface area (Å²) >= 11 is 0. The molecule has 112 valence electrons. The number of hydrogen-bond donors (Lipinski definition) is 2. The van der Waals surface area contributed by atoms with E-state index >= 15 is 0 Å². The first kappa shape index (κ1) is 15.0. The van der Waals surface area contributed by atoms with Crippen molar-refractivity contribution in [1.29, 1.82) is 0 Å². The van der Waals surface area contributed by atoms with Crippen LogP contribution in [0.4, 0.5) is 5.82 Å². The van der Waals surface area contributed by atoms with Crippen molar-refractivity contribution in [2.24, 2.45) is 0 Å². The number of carboxylic acids is 1. The molecule has 0 atom stereocenters. The van der Waals surface area contributed by atoms with E-state index in [1.165, 1.54) is 6.07 Å². The maximum Gasteiger partial charge on any atom is 0.335 e. The Hall–Kier alpha value is -2.37. The minimum atomic E-state index is -0.959. The topological polar surface area (TPSA) is 88.2 Å².